The van der Waals surface area contributed by atoms with E-state index in [-0.39, 0.29) is 18.4 Å². The number of amides is 1. The Labute approximate surface area is 114 Å². The smallest absolute Gasteiger partial charge is 0.333 e. The molecule has 0 aromatic rings. The van der Waals surface area contributed by atoms with Crippen molar-refractivity contribution in [1.82, 2.24) is 4.90 Å². The summed E-state index contributed by atoms with van der Waals surface area (Å²) < 4.78 is 37.3. The largest absolute Gasteiger partial charge is 0.406 e. The van der Waals surface area contributed by atoms with Gasteiger partial charge < -0.3 is 4.90 Å². The Bertz CT molecular complexity index is 263. The Balaban J connectivity index is 2.62. The summed E-state index contributed by atoms with van der Waals surface area (Å²) in [7, 11) is 0. The fourth-order valence-electron chi connectivity index (χ4n) is 2.37. The summed E-state index contributed by atoms with van der Waals surface area (Å²) in [6.45, 7) is -1.01. The summed E-state index contributed by atoms with van der Waals surface area (Å²) in [5.41, 5.74) is 0. The molecule has 0 bridgehead atoms. The lowest BCUT2D eigenvalue weighted by Crippen LogP contribution is -2.43. The molecule has 0 radical (unpaired) electrons. The highest BCUT2D eigenvalue weighted by Crippen LogP contribution is 2.26. The van der Waals surface area contributed by atoms with Crippen LogP contribution in [0.15, 0.2) is 0 Å². The summed E-state index contributed by atoms with van der Waals surface area (Å²) in [5, 5.41) is 0.377. The van der Waals surface area contributed by atoms with E-state index >= 15 is 0 Å². The third-order valence-electron chi connectivity index (χ3n) is 3.24. The number of rotatable bonds is 4. The lowest BCUT2D eigenvalue weighted by atomic mass is 9.98. The molecule has 0 N–H and O–H groups in total. The van der Waals surface area contributed by atoms with Crippen LogP contribution in [0.3, 0.4) is 0 Å². The molecule has 106 valence electrons. The predicted molar refractivity (Wildman–Crippen MR) is 67.6 cm³/mol. The quantitative estimate of drug-likeness (QED) is 0.568. The van der Waals surface area contributed by atoms with Crippen LogP contribution >= 0.6 is 15.9 Å². The maximum absolute atomic E-state index is 12.4. The molecule has 0 heterocycles. The SMILES string of the molecule is O=C(C1CCCCCC1)N(CCBr)CC(F)(F)F. The molecule has 0 aromatic heterocycles. The molecule has 0 aromatic carbocycles. The third-order valence-corrected chi connectivity index (χ3v) is 3.60. The van der Waals surface area contributed by atoms with Crippen LogP contribution in [-0.4, -0.2) is 35.4 Å². The minimum Gasteiger partial charge on any atom is -0.333 e. The zero-order valence-corrected chi connectivity index (χ0v) is 11.9. The van der Waals surface area contributed by atoms with Crippen LogP contribution < -0.4 is 0 Å². The van der Waals surface area contributed by atoms with E-state index in [2.05, 4.69) is 15.9 Å². The normalized spacial score (nSPS) is 18.4. The molecule has 0 spiro atoms. The number of carbonyl (C=O) groups is 1. The lowest BCUT2D eigenvalue weighted by molar-refractivity contribution is -0.163. The van der Waals surface area contributed by atoms with Crippen LogP contribution in [0.4, 0.5) is 13.2 Å². The molecule has 0 saturated heterocycles. The van der Waals surface area contributed by atoms with Gasteiger partial charge in [0.1, 0.15) is 6.54 Å². The van der Waals surface area contributed by atoms with E-state index in [0.29, 0.717) is 5.33 Å². The topological polar surface area (TPSA) is 20.3 Å². The molecule has 1 saturated carbocycles. The Morgan fingerprint density at radius 1 is 1.17 bits per heavy atom. The van der Waals surface area contributed by atoms with Crippen molar-refractivity contribution in [2.75, 3.05) is 18.4 Å². The van der Waals surface area contributed by atoms with E-state index in [0.717, 1.165) is 43.4 Å². The summed E-state index contributed by atoms with van der Waals surface area (Å²) in [6.07, 6.45) is 1.21. The molecule has 1 aliphatic rings. The molecular formula is C12H19BrF3NO. The fraction of sp³-hybridized carbons (Fsp3) is 0.917. The van der Waals surface area contributed by atoms with Gasteiger partial charge in [-0.2, -0.15) is 13.2 Å². The van der Waals surface area contributed by atoms with Crippen molar-refractivity contribution in [2.45, 2.75) is 44.7 Å². The molecular weight excluding hydrogens is 311 g/mol. The van der Waals surface area contributed by atoms with E-state index < -0.39 is 12.7 Å². The zero-order chi connectivity index (χ0) is 13.6. The Morgan fingerprint density at radius 3 is 2.17 bits per heavy atom. The Kier molecular flexibility index (Phi) is 6.46. The zero-order valence-electron chi connectivity index (χ0n) is 10.3. The fourth-order valence-corrected chi connectivity index (χ4v) is 2.80. The minimum atomic E-state index is -4.32. The first kappa shape index (κ1) is 15.8. The first-order chi connectivity index (χ1) is 8.44. The molecule has 18 heavy (non-hydrogen) atoms. The monoisotopic (exact) mass is 329 g/mol. The van der Waals surface area contributed by atoms with Gasteiger partial charge in [-0.15, -0.1) is 0 Å². The van der Waals surface area contributed by atoms with Crippen LogP contribution in [0.1, 0.15) is 38.5 Å². The number of nitrogens with zero attached hydrogens (tertiary/aromatic N) is 1. The second kappa shape index (κ2) is 7.36. The number of alkyl halides is 4. The molecule has 1 aliphatic carbocycles. The first-order valence-electron chi connectivity index (χ1n) is 6.35. The molecule has 0 aliphatic heterocycles. The van der Waals surface area contributed by atoms with Gasteiger partial charge in [0.2, 0.25) is 5.91 Å². The predicted octanol–water partition coefficient (Wildman–Crippen LogP) is 3.74. The summed E-state index contributed by atoms with van der Waals surface area (Å²) >= 11 is 3.10. The van der Waals surface area contributed by atoms with Crippen LogP contribution in [0.5, 0.6) is 0 Å². The van der Waals surface area contributed by atoms with Gasteiger partial charge in [0, 0.05) is 17.8 Å². The lowest BCUT2D eigenvalue weighted by Gasteiger charge is -2.27. The Morgan fingerprint density at radius 2 is 1.72 bits per heavy atom. The van der Waals surface area contributed by atoms with Crippen molar-refractivity contribution in [3.63, 3.8) is 0 Å². The molecule has 1 amide bonds. The molecule has 1 rings (SSSR count). The van der Waals surface area contributed by atoms with E-state index in [1.165, 1.54) is 0 Å². The molecule has 6 heteroatoms. The van der Waals surface area contributed by atoms with Crippen LogP contribution in [0, 0.1) is 5.92 Å². The van der Waals surface area contributed by atoms with Gasteiger partial charge in [0.25, 0.3) is 0 Å². The van der Waals surface area contributed by atoms with Crippen LogP contribution in [0.25, 0.3) is 0 Å². The molecule has 0 atom stereocenters. The number of hydrogen-bond acceptors (Lipinski definition) is 1. The number of hydrogen-bond donors (Lipinski definition) is 0. The standard InChI is InChI=1S/C12H19BrF3NO/c13-7-8-17(9-12(14,15)16)11(18)10-5-3-1-2-4-6-10/h10H,1-9H2. The van der Waals surface area contributed by atoms with E-state index in [9.17, 15) is 18.0 Å². The minimum absolute atomic E-state index is 0.120. The molecule has 2 nitrogen and oxygen atoms in total. The average Bonchev–Trinajstić information content (AvgIpc) is 2.54. The van der Waals surface area contributed by atoms with Gasteiger partial charge in [-0.25, -0.2) is 0 Å². The van der Waals surface area contributed by atoms with E-state index in [4.69, 9.17) is 0 Å². The van der Waals surface area contributed by atoms with Gasteiger partial charge in [-0.3, -0.25) is 4.79 Å². The van der Waals surface area contributed by atoms with E-state index in [1.54, 1.807) is 0 Å². The maximum Gasteiger partial charge on any atom is 0.406 e. The van der Waals surface area contributed by atoms with Gasteiger partial charge >= 0.3 is 6.18 Å². The van der Waals surface area contributed by atoms with E-state index in [1.807, 2.05) is 0 Å². The van der Waals surface area contributed by atoms with Gasteiger partial charge in [-0.1, -0.05) is 41.6 Å². The summed E-state index contributed by atoms with van der Waals surface area (Å²) in [5.74, 6) is -0.539. The Hall–Kier alpha value is -0.260. The van der Waals surface area contributed by atoms with Crippen molar-refractivity contribution in [3.8, 4) is 0 Å². The molecule has 0 unspecified atom stereocenters. The first-order valence-corrected chi connectivity index (χ1v) is 7.47. The highest BCUT2D eigenvalue weighted by atomic mass is 79.9. The third kappa shape index (κ3) is 5.59. The van der Waals surface area contributed by atoms with Gasteiger partial charge in [0.15, 0.2) is 0 Å². The average molecular weight is 330 g/mol. The summed E-state index contributed by atoms with van der Waals surface area (Å²) in [6, 6.07) is 0. The van der Waals surface area contributed by atoms with Crippen molar-refractivity contribution in [2.24, 2.45) is 5.92 Å². The highest BCUT2D eigenvalue weighted by Gasteiger charge is 2.35. The van der Waals surface area contributed by atoms with Crippen molar-refractivity contribution >= 4 is 21.8 Å². The van der Waals surface area contributed by atoms with Crippen molar-refractivity contribution < 1.29 is 18.0 Å². The highest BCUT2D eigenvalue weighted by molar-refractivity contribution is 9.09. The van der Waals surface area contributed by atoms with Crippen LogP contribution in [0.2, 0.25) is 0 Å². The van der Waals surface area contributed by atoms with Crippen LogP contribution in [-0.2, 0) is 4.79 Å². The molecule has 1 fully saturated rings. The van der Waals surface area contributed by atoms with Crippen molar-refractivity contribution in [1.29, 1.82) is 0 Å². The second-order valence-electron chi connectivity index (χ2n) is 4.75. The maximum atomic E-state index is 12.4. The number of carbonyl (C=O) groups excluding carboxylic acids is 1. The summed E-state index contributed by atoms with van der Waals surface area (Å²) in [4.78, 5) is 13.1. The second-order valence-corrected chi connectivity index (χ2v) is 5.55. The van der Waals surface area contributed by atoms with Gasteiger partial charge in [-0.05, 0) is 12.8 Å². The number of halogens is 4. The van der Waals surface area contributed by atoms with Crippen molar-refractivity contribution in [3.05, 3.63) is 0 Å². The van der Waals surface area contributed by atoms with Gasteiger partial charge in [0.05, 0.1) is 0 Å².